The van der Waals surface area contributed by atoms with E-state index in [0.717, 1.165) is 41.1 Å². The summed E-state index contributed by atoms with van der Waals surface area (Å²) in [4.78, 5) is 16.7. The Balaban J connectivity index is 1.90. The van der Waals surface area contributed by atoms with Crippen LogP contribution in [-0.4, -0.2) is 29.1 Å². The number of rotatable bonds is 6. The van der Waals surface area contributed by atoms with E-state index < -0.39 is 0 Å². The summed E-state index contributed by atoms with van der Waals surface area (Å²) in [5.74, 6) is 0.421. The number of halogens is 1. The third kappa shape index (κ3) is 3.75. The summed E-state index contributed by atoms with van der Waals surface area (Å²) in [6.07, 6.45) is 1.26. The lowest BCUT2D eigenvalue weighted by Crippen LogP contribution is -2.15. The first kappa shape index (κ1) is 18.1. The number of hydrogen-bond donors (Lipinski definition) is 2. The van der Waals surface area contributed by atoms with Crippen molar-refractivity contribution in [3.8, 4) is 11.4 Å². The average Bonchev–Trinajstić information content (AvgIpc) is 2.93. The lowest BCUT2D eigenvalue weighted by Gasteiger charge is -2.11. The van der Waals surface area contributed by atoms with Gasteiger partial charge >= 0.3 is 0 Å². The fraction of sp³-hybridized carbons (Fsp3) is 0.300. The highest BCUT2D eigenvalue weighted by molar-refractivity contribution is 5.92. The number of amides is 1. The van der Waals surface area contributed by atoms with Gasteiger partial charge in [0.2, 0.25) is 5.91 Å². The quantitative estimate of drug-likeness (QED) is 0.665. The van der Waals surface area contributed by atoms with Crippen LogP contribution in [0.15, 0.2) is 36.4 Å². The van der Waals surface area contributed by atoms with E-state index in [1.165, 1.54) is 12.1 Å². The molecule has 2 aromatic carbocycles. The predicted octanol–water partition coefficient (Wildman–Crippen LogP) is 3.63. The maximum absolute atomic E-state index is 13.5. The van der Waals surface area contributed by atoms with Gasteiger partial charge in [-0.15, -0.1) is 0 Å². The second-order valence-electron chi connectivity index (χ2n) is 6.41. The summed E-state index contributed by atoms with van der Waals surface area (Å²) in [5.41, 5.74) is 4.11. The van der Waals surface area contributed by atoms with Gasteiger partial charge in [-0.05, 0) is 50.7 Å². The molecule has 3 aromatic rings. The van der Waals surface area contributed by atoms with E-state index in [1.54, 1.807) is 6.07 Å². The first-order valence-electron chi connectivity index (χ1n) is 8.67. The molecule has 0 atom stereocenters. The van der Waals surface area contributed by atoms with E-state index in [9.17, 15) is 9.18 Å². The normalized spacial score (nSPS) is 11.1. The number of aromatic nitrogens is 2. The summed E-state index contributed by atoms with van der Waals surface area (Å²) in [6.45, 7) is 2.76. The van der Waals surface area contributed by atoms with Crippen LogP contribution in [0.4, 0.5) is 10.1 Å². The van der Waals surface area contributed by atoms with Gasteiger partial charge in [0.15, 0.2) is 0 Å². The van der Waals surface area contributed by atoms with Gasteiger partial charge in [0.1, 0.15) is 11.6 Å². The first-order valence-corrected chi connectivity index (χ1v) is 8.67. The molecule has 26 heavy (non-hydrogen) atoms. The number of imidazole rings is 1. The monoisotopic (exact) mass is 354 g/mol. The van der Waals surface area contributed by atoms with Crippen molar-refractivity contribution in [1.29, 1.82) is 0 Å². The molecule has 0 unspecified atom stereocenters. The van der Waals surface area contributed by atoms with Crippen LogP contribution < -0.4 is 10.6 Å². The molecule has 0 spiro atoms. The minimum absolute atomic E-state index is 0.00688. The number of aryl methyl sites for hydroxylation is 2. The summed E-state index contributed by atoms with van der Waals surface area (Å²) < 4.78 is 15.4. The maximum atomic E-state index is 13.5. The zero-order valence-electron chi connectivity index (χ0n) is 15.3. The Hall–Kier alpha value is -2.73. The summed E-state index contributed by atoms with van der Waals surface area (Å²) in [6, 6.07) is 10.4. The zero-order chi connectivity index (χ0) is 18.7. The molecule has 0 aliphatic heterocycles. The van der Waals surface area contributed by atoms with Crippen molar-refractivity contribution in [2.45, 2.75) is 19.8 Å². The van der Waals surface area contributed by atoms with Gasteiger partial charge in [0.05, 0.1) is 11.0 Å². The van der Waals surface area contributed by atoms with Crippen molar-refractivity contribution in [3.05, 3.63) is 47.8 Å². The molecule has 3 rings (SSSR count). The first-order chi connectivity index (χ1) is 12.5. The van der Waals surface area contributed by atoms with E-state index in [-0.39, 0.29) is 11.7 Å². The fourth-order valence-electron chi connectivity index (χ4n) is 2.97. The number of benzene rings is 2. The molecule has 1 aromatic heterocycles. The summed E-state index contributed by atoms with van der Waals surface area (Å²) in [7, 11) is 3.77. The highest BCUT2D eigenvalue weighted by atomic mass is 19.1. The molecular formula is C20H23FN4O. The van der Waals surface area contributed by atoms with Crippen LogP contribution in [0.25, 0.3) is 22.4 Å². The van der Waals surface area contributed by atoms with Gasteiger partial charge in [-0.2, -0.15) is 0 Å². The van der Waals surface area contributed by atoms with E-state index in [1.807, 2.05) is 43.8 Å². The lowest BCUT2D eigenvalue weighted by molar-refractivity contribution is -0.116. The number of fused-ring (bicyclic) bond motifs is 1. The van der Waals surface area contributed by atoms with Crippen LogP contribution >= 0.6 is 0 Å². The van der Waals surface area contributed by atoms with Crippen molar-refractivity contribution in [2.75, 3.05) is 18.9 Å². The van der Waals surface area contributed by atoms with Crippen LogP contribution in [0.1, 0.15) is 18.4 Å². The van der Waals surface area contributed by atoms with Crippen LogP contribution in [0.2, 0.25) is 0 Å². The SMILES string of the molecule is CNCCCC(=O)Nc1cc(-c2nc3cc(F)ccc3n2C)ccc1C. The summed E-state index contributed by atoms with van der Waals surface area (Å²) >= 11 is 0. The van der Waals surface area contributed by atoms with E-state index in [0.29, 0.717) is 11.9 Å². The molecule has 0 aliphatic carbocycles. The number of nitrogens with zero attached hydrogens (tertiary/aromatic N) is 2. The van der Waals surface area contributed by atoms with Crippen LogP contribution in [0, 0.1) is 12.7 Å². The number of nitrogens with one attached hydrogen (secondary N) is 2. The molecule has 1 heterocycles. The van der Waals surface area contributed by atoms with Crippen LogP contribution in [0.5, 0.6) is 0 Å². The smallest absolute Gasteiger partial charge is 0.224 e. The molecule has 2 N–H and O–H groups in total. The molecule has 0 saturated heterocycles. The Morgan fingerprint density at radius 2 is 2.04 bits per heavy atom. The third-order valence-electron chi connectivity index (χ3n) is 4.44. The molecule has 0 fully saturated rings. The lowest BCUT2D eigenvalue weighted by atomic mass is 10.1. The molecule has 6 heteroatoms. The molecule has 136 valence electrons. The topological polar surface area (TPSA) is 59.0 Å². The van der Waals surface area contributed by atoms with E-state index in [4.69, 9.17) is 0 Å². The molecule has 0 aliphatic rings. The van der Waals surface area contributed by atoms with Crippen molar-refractivity contribution in [2.24, 2.45) is 7.05 Å². The van der Waals surface area contributed by atoms with Crippen molar-refractivity contribution >= 4 is 22.6 Å². The van der Waals surface area contributed by atoms with Crippen molar-refractivity contribution in [1.82, 2.24) is 14.9 Å². The predicted molar refractivity (Wildman–Crippen MR) is 103 cm³/mol. The average molecular weight is 354 g/mol. The summed E-state index contributed by atoms with van der Waals surface area (Å²) in [5, 5.41) is 6.01. The number of anilines is 1. The molecule has 0 bridgehead atoms. The molecule has 0 saturated carbocycles. The number of hydrogen-bond acceptors (Lipinski definition) is 3. The van der Waals surface area contributed by atoms with Crippen molar-refractivity contribution in [3.63, 3.8) is 0 Å². The number of carbonyl (C=O) groups excluding carboxylic acids is 1. The van der Waals surface area contributed by atoms with Gasteiger partial charge < -0.3 is 15.2 Å². The van der Waals surface area contributed by atoms with Gasteiger partial charge in [-0.25, -0.2) is 9.37 Å². The van der Waals surface area contributed by atoms with Crippen molar-refractivity contribution < 1.29 is 9.18 Å². The van der Waals surface area contributed by atoms with Gasteiger partial charge in [0, 0.05) is 30.8 Å². The molecular weight excluding hydrogens is 331 g/mol. The molecule has 5 nitrogen and oxygen atoms in total. The number of carbonyl (C=O) groups is 1. The van der Waals surface area contributed by atoms with E-state index >= 15 is 0 Å². The van der Waals surface area contributed by atoms with Crippen LogP contribution in [-0.2, 0) is 11.8 Å². The van der Waals surface area contributed by atoms with Gasteiger partial charge in [0.25, 0.3) is 0 Å². The van der Waals surface area contributed by atoms with Gasteiger partial charge in [-0.3, -0.25) is 4.79 Å². The third-order valence-corrected chi connectivity index (χ3v) is 4.44. The second-order valence-corrected chi connectivity index (χ2v) is 6.41. The van der Waals surface area contributed by atoms with Crippen LogP contribution in [0.3, 0.4) is 0 Å². The molecule has 1 amide bonds. The Bertz CT molecular complexity index is 948. The Labute approximate surface area is 152 Å². The largest absolute Gasteiger partial charge is 0.327 e. The highest BCUT2D eigenvalue weighted by Gasteiger charge is 2.13. The Morgan fingerprint density at radius 1 is 1.23 bits per heavy atom. The Kier molecular flexibility index (Phi) is 5.32. The zero-order valence-corrected chi connectivity index (χ0v) is 15.3. The minimum Gasteiger partial charge on any atom is -0.327 e. The van der Waals surface area contributed by atoms with E-state index in [2.05, 4.69) is 15.6 Å². The maximum Gasteiger partial charge on any atom is 0.224 e. The molecule has 0 radical (unpaired) electrons. The Morgan fingerprint density at radius 3 is 2.81 bits per heavy atom. The standard InChI is InChI=1S/C20H23FN4O/c1-13-6-7-14(11-16(13)23-19(26)5-4-10-22-2)20-24-17-12-15(21)8-9-18(17)25(20)3/h6-9,11-12,22H,4-5,10H2,1-3H3,(H,23,26). The minimum atomic E-state index is -0.305. The van der Waals surface area contributed by atoms with Gasteiger partial charge in [-0.1, -0.05) is 12.1 Å². The highest BCUT2D eigenvalue weighted by Crippen LogP contribution is 2.28. The fourth-order valence-corrected chi connectivity index (χ4v) is 2.97. The second kappa shape index (κ2) is 7.66.